The molecule has 9 heteroatoms. The molecule has 1 amide bonds. The number of pyridine rings is 1. The summed E-state index contributed by atoms with van der Waals surface area (Å²) in [4.78, 5) is 17.5. The average molecular weight is 374 g/mol. The molecule has 0 bridgehead atoms. The first-order valence-electron chi connectivity index (χ1n) is 6.98. The Morgan fingerprint density at radius 1 is 1.30 bits per heavy atom. The number of amides is 1. The van der Waals surface area contributed by atoms with Crippen molar-refractivity contribution >= 4 is 30.7 Å². The van der Waals surface area contributed by atoms with Gasteiger partial charge < -0.3 is 10.6 Å². The monoisotopic (exact) mass is 373 g/mol. The van der Waals surface area contributed by atoms with Gasteiger partial charge in [0.1, 0.15) is 5.69 Å². The van der Waals surface area contributed by atoms with Gasteiger partial charge >= 0.3 is 6.18 Å². The lowest BCUT2D eigenvalue weighted by molar-refractivity contribution is -0.141. The summed E-state index contributed by atoms with van der Waals surface area (Å²) in [6.07, 6.45) is 0.0471. The van der Waals surface area contributed by atoms with Gasteiger partial charge in [0.2, 0.25) is 0 Å². The fraction of sp³-hybridized carbons (Fsp3) is 0.571. The first-order chi connectivity index (χ1) is 9.93. The van der Waals surface area contributed by atoms with Crippen LogP contribution in [-0.4, -0.2) is 34.9 Å². The van der Waals surface area contributed by atoms with E-state index < -0.39 is 11.9 Å². The van der Waals surface area contributed by atoms with E-state index in [0.717, 1.165) is 31.5 Å². The van der Waals surface area contributed by atoms with Crippen molar-refractivity contribution in [3.8, 4) is 0 Å². The van der Waals surface area contributed by atoms with Crippen molar-refractivity contribution in [2.24, 2.45) is 5.73 Å². The van der Waals surface area contributed by atoms with Gasteiger partial charge in [0.15, 0.2) is 0 Å². The molecule has 2 heterocycles. The number of alkyl halides is 3. The summed E-state index contributed by atoms with van der Waals surface area (Å²) in [6.45, 7) is 1.10. The number of rotatable bonds is 3. The van der Waals surface area contributed by atoms with Gasteiger partial charge in [0, 0.05) is 18.8 Å². The fourth-order valence-corrected chi connectivity index (χ4v) is 2.61. The van der Waals surface area contributed by atoms with Gasteiger partial charge in [-0.1, -0.05) is 0 Å². The highest BCUT2D eigenvalue weighted by atomic mass is 35.5. The topological polar surface area (TPSA) is 59.2 Å². The highest BCUT2D eigenvalue weighted by Crippen LogP contribution is 2.28. The normalized spacial score (nSPS) is 17.9. The van der Waals surface area contributed by atoms with Crippen molar-refractivity contribution in [1.82, 2.24) is 9.88 Å². The van der Waals surface area contributed by atoms with E-state index in [1.54, 1.807) is 4.90 Å². The average Bonchev–Trinajstić information content (AvgIpc) is 2.47. The summed E-state index contributed by atoms with van der Waals surface area (Å²) in [7, 11) is 0. The van der Waals surface area contributed by atoms with Crippen LogP contribution in [0.3, 0.4) is 0 Å². The second-order valence-electron chi connectivity index (χ2n) is 5.16. The predicted octanol–water partition coefficient (Wildman–Crippen LogP) is 3.29. The number of likely N-dealkylation sites (tertiary alicyclic amines) is 1. The number of carbonyl (C=O) groups is 1. The Morgan fingerprint density at radius 2 is 2.00 bits per heavy atom. The molecule has 1 aliphatic heterocycles. The van der Waals surface area contributed by atoms with Crippen LogP contribution < -0.4 is 5.73 Å². The summed E-state index contributed by atoms with van der Waals surface area (Å²) in [6, 6.07) is 2.10. The molecule has 0 aliphatic carbocycles. The predicted molar refractivity (Wildman–Crippen MR) is 86.1 cm³/mol. The molecule has 23 heavy (non-hydrogen) atoms. The maximum atomic E-state index is 12.5. The maximum Gasteiger partial charge on any atom is 0.433 e. The molecule has 1 unspecified atom stereocenters. The van der Waals surface area contributed by atoms with Gasteiger partial charge in [-0.15, -0.1) is 24.8 Å². The van der Waals surface area contributed by atoms with E-state index in [1.807, 2.05) is 0 Å². The minimum atomic E-state index is -4.49. The second kappa shape index (κ2) is 9.30. The minimum Gasteiger partial charge on any atom is -0.336 e. The minimum absolute atomic E-state index is 0. The zero-order valence-electron chi connectivity index (χ0n) is 12.4. The second-order valence-corrected chi connectivity index (χ2v) is 5.16. The van der Waals surface area contributed by atoms with Crippen LogP contribution in [0.1, 0.15) is 41.7 Å². The quantitative estimate of drug-likeness (QED) is 0.884. The number of hydrogen-bond donors (Lipinski definition) is 1. The number of nitrogens with zero attached hydrogens (tertiary/aromatic N) is 2. The summed E-state index contributed by atoms with van der Waals surface area (Å²) in [5.74, 6) is -0.269. The third-order valence-electron chi connectivity index (χ3n) is 3.69. The Labute approximate surface area is 145 Å². The van der Waals surface area contributed by atoms with E-state index in [-0.39, 0.29) is 42.3 Å². The number of piperidine rings is 1. The summed E-state index contributed by atoms with van der Waals surface area (Å²) in [5.41, 5.74) is 4.75. The van der Waals surface area contributed by atoms with E-state index in [2.05, 4.69) is 4.98 Å². The van der Waals surface area contributed by atoms with Gasteiger partial charge in [-0.2, -0.15) is 13.2 Å². The third-order valence-corrected chi connectivity index (χ3v) is 3.69. The van der Waals surface area contributed by atoms with Crippen LogP contribution in [-0.2, 0) is 6.18 Å². The lowest BCUT2D eigenvalue weighted by Gasteiger charge is -2.35. The van der Waals surface area contributed by atoms with Crippen LogP contribution in [0.25, 0.3) is 0 Å². The summed E-state index contributed by atoms with van der Waals surface area (Å²) < 4.78 is 37.4. The number of carbonyl (C=O) groups excluding carboxylic acids is 1. The zero-order valence-corrected chi connectivity index (χ0v) is 14.0. The molecule has 2 rings (SSSR count). The third kappa shape index (κ3) is 5.51. The van der Waals surface area contributed by atoms with Gasteiger partial charge in [0.25, 0.3) is 5.91 Å². The van der Waals surface area contributed by atoms with Crippen LogP contribution in [0.15, 0.2) is 18.3 Å². The fourth-order valence-electron chi connectivity index (χ4n) is 2.61. The van der Waals surface area contributed by atoms with Crippen molar-refractivity contribution in [3.63, 3.8) is 0 Å². The van der Waals surface area contributed by atoms with Crippen molar-refractivity contribution in [2.75, 3.05) is 13.1 Å². The Hall–Kier alpha value is -1.05. The first-order valence-corrected chi connectivity index (χ1v) is 6.98. The van der Waals surface area contributed by atoms with E-state index in [1.165, 1.54) is 6.07 Å². The van der Waals surface area contributed by atoms with E-state index in [9.17, 15) is 18.0 Å². The van der Waals surface area contributed by atoms with Gasteiger partial charge in [-0.25, -0.2) is 0 Å². The molecule has 0 radical (unpaired) electrons. The van der Waals surface area contributed by atoms with Crippen molar-refractivity contribution in [1.29, 1.82) is 0 Å². The molecule has 1 aromatic rings. The molecule has 132 valence electrons. The Morgan fingerprint density at radius 3 is 2.52 bits per heavy atom. The summed E-state index contributed by atoms with van der Waals surface area (Å²) in [5, 5.41) is 0. The number of halogens is 5. The highest BCUT2D eigenvalue weighted by molar-refractivity contribution is 5.94. The molecule has 0 aromatic carbocycles. The number of nitrogens with two attached hydrogens (primary N) is 1. The van der Waals surface area contributed by atoms with Gasteiger partial charge in [-0.3, -0.25) is 9.78 Å². The largest absolute Gasteiger partial charge is 0.433 e. The van der Waals surface area contributed by atoms with E-state index in [0.29, 0.717) is 19.5 Å². The molecule has 2 N–H and O–H groups in total. The van der Waals surface area contributed by atoms with Crippen molar-refractivity contribution in [2.45, 2.75) is 37.9 Å². The Kier molecular flexibility index (Phi) is 8.87. The first kappa shape index (κ1) is 21.9. The zero-order chi connectivity index (χ0) is 15.5. The molecule has 1 saturated heterocycles. The van der Waals surface area contributed by atoms with Crippen molar-refractivity contribution in [3.05, 3.63) is 29.6 Å². The molecule has 1 aliphatic rings. The van der Waals surface area contributed by atoms with Gasteiger partial charge in [0.05, 0.1) is 5.56 Å². The lowest BCUT2D eigenvalue weighted by atomic mass is 9.98. The molecule has 1 atom stereocenters. The number of hydrogen-bond acceptors (Lipinski definition) is 3. The lowest BCUT2D eigenvalue weighted by Crippen LogP contribution is -2.44. The van der Waals surface area contributed by atoms with Crippen LogP contribution in [0, 0.1) is 0 Å². The standard InChI is InChI=1S/C14H18F3N3O.2ClH/c15-14(16,17)12-5-4-10(9-19-12)13(21)20-8-2-1-3-11(20)6-7-18;;/h4-5,9,11H,1-3,6-8,18H2;2*1H. The Bertz CT molecular complexity index is 495. The molecule has 1 fully saturated rings. The van der Waals surface area contributed by atoms with E-state index in [4.69, 9.17) is 5.73 Å². The molecule has 0 spiro atoms. The maximum absolute atomic E-state index is 12.5. The van der Waals surface area contributed by atoms with Crippen molar-refractivity contribution < 1.29 is 18.0 Å². The van der Waals surface area contributed by atoms with Crippen LogP contribution in [0.5, 0.6) is 0 Å². The number of aromatic nitrogens is 1. The molecular formula is C14H20Cl2F3N3O. The van der Waals surface area contributed by atoms with Crippen LogP contribution in [0.2, 0.25) is 0 Å². The van der Waals surface area contributed by atoms with Gasteiger partial charge in [-0.05, 0) is 44.4 Å². The Balaban J connectivity index is 0.00000242. The molecule has 1 aromatic heterocycles. The van der Waals surface area contributed by atoms with Crippen LogP contribution >= 0.6 is 24.8 Å². The summed E-state index contributed by atoms with van der Waals surface area (Å²) >= 11 is 0. The molecule has 4 nitrogen and oxygen atoms in total. The van der Waals surface area contributed by atoms with Crippen LogP contribution in [0.4, 0.5) is 13.2 Å². The van der Waals surface area contributed by atoms with E-state index >= 15 is 0 Å². The molecular weight excluding hydrogens is 354 g/mol. The smallest absolute Gasteiger partial charge is 0.336 e. The molecule has 0 saturated carbocycles. The highest BCUT2D eigenvalue weighted by Gasteiger charge is 2.33. The SMILES string of the molecule is Cl.Cl.NCCC1CCCCN1C(=O)c1ccc(C(F)(F)F)nc1.